The third-order valence-electron chi connectivity index (χ3n) is 19.0. The number of hydrogen-bond acceptors (Lipinski definition) is 9. The summed E-state index contributed by atoms with van der Waals surface area (Å²) in [7, 11) is 0. The molecule has 0 amide bonds. The smallest absolute Gasteiger partial charge is 0.347 e. The minimum Gasteiger partial charge on any atom is -0.347 e. The molecule has 12 nitrogen and oxygen atoms in total. The van der Waals surface area contributed by atoms with Crippen LogP contribution in [0.1, 0.15) is 148 Å². The van der Waals surface area contributed by atoms with E-state index in [9.17, 15) is 41.9 Å². The first kappa shape index (κ1) is 68.5. The zero-order valence-corrected chi connectivity index (χ0v) is 54.8. The van der Waals surface area contributed by atoms with Crippen LogP contribution in [0.3, 0.4) is 0 Å². The van der Waals surface area contributed by atoms with Crippen molar-refractivity contribution in [3.05, 3.63) is 216 Å². The van der Waals surface area contributed by atoms with Crippen LogP contribution in [0.4, 0.5) is 13.2 Å². The average molecular weight is 1280 g/mol. The number of piperidine rings is 3. The van der Waals surface area contributed by atoms with E-state index in [2.05, 4.69) is 69.0 Å². The largest absolute Gasteiger partial charge is 0.454 e. The van der Waals surface area contributed by atoms with Crippen molar-refractivity contribution in [1.29, 1.82) is 0 Å². The molecular formula is C79H89F3N6O6. The van der Waals surface area contributed by atoms with Crippen LogP contribution in [0.5, 0.6) is 0 Å². The van der Waals surface area contributed by atoms with Crippen molar-refractivity contribution in [2.75, 3.05) is 58.9 Å². The zero-order chi connectivity index (χ0) is 66.3. The molecule has 0 saturated carbocycles. The molecule has 0 spiro atoms. The molecule has 0 radical (unpaired) electrons. The Balaban J connectivity index is 0.000000154. The number of para-hydroxylation sites is 3. The molecule has 3 saturated heterocycles. The van der Waals surface area contributed by atoms with Gasteiger partial charge in [-0.25, -0.2) is 0 Å². The maximum Gasteiger partial charge on any atom is 0.454 e. The first-order valence-corrected chi connectivity index (χ1v) is 33.7. The van der Waals surface area contributed by atoms with Crippen molar-refractivity contribution in [1.82, 2.24) is 28.4 Å². The number of hydrogen-bond donors (Lipinski definition) is 0. The Morgan fingerprint density at radius 1 is 0.415 bits per heavy atom. The standard InChI is InChI=1S/C28H34N2O2.C26H30N2O2.C25H25F3N2O2/c1-21(2)19-27(31)25-20-30(26-12-7-6-11-24(25)26)16-8-15-29-17-13-23(14-18-29)28(32)22-9-4-3-5-10-22;1-19(17-28-18-24(20(2)29)23-10-6-7-11-25(23)28)16-27-14-12-22(13-15-27)26(30)21-8-4-3-5-9-21;26-25(27,28)24(32)21-17-30(22-10-5-4-9-20(21)22)14-6-13-29-15-11-19(12-16-29)23(31)18-7-2-1-3-8-18/h3-7,9-12,20-21,23H,8,13-19H2,1-2H3;3-11,18-19,22H,12-17H2,1-2H3;1-5,7-10,17,19H,6,11-16H2. The molecule has 9 aromatic rings. The Bertz CT molecular complexity index is 4020. The summed E-state index contributed by atoms with van der Waals surface area (Å²) < 4.78 is 45.1. The fraction of sp³-hybridized carbons (Fsp3) is 0.392. The molecule has 0 N–H and O–H groups in total. The number of rotatable bonds is 23. The topological polar surface area (TPSA) is 127 Å². The van der Waals surface area contributed by atoms with E-state index in [0.29, 0.717) is 47.3 Å². The van der Waals surface area contributed by atoms with Crippen molar-refractivity contribution < 1.29 is 41.9 Å². The van der Waals surface area contributed by atoms with Gasteiger partial charge in [-0.15, -0.1) is 0 Å². The first-order chi connectivity index (χ1) is 45.4. The molecule has 3 aliphatic rings. The number of likely N-dealkylation sites (tertiary alicyclic amines) is 3. The highest BCUT2D eigenvalue weighted by Gasteiger charge is 2.41. The molecule has 6 heterocycles. The van der Waals surface area contributed by atoms with E-state index in [1.165, 1.54) is 6.20 Å². The summed E-state index contributed by atoms with van der Waals surface area (Å²) in [4.78, 5) is 81.9. The van der Waals surface area contributed by atoms with Gasteiger partial charge in [0, 0.05) is 129 Å². The highest BCUT2D eigenvalue weighted by atomic mass is 19.4. The molecule has 12 rings (SSSR count). The van der Waals surface area contributed by atoms with Crippen LogP contribution < -0.4 is 0 Å². The number of carbonyl (C=O) groups is 6. The number of aryl methyl sites for hydroxylation is 2. The van der Waals surface area contributed by atoms with Crippen molar-refractivity contribution >= 4 is 67.4 Å². The molecule has 3 fully saturated rings. The van der Waals surface area contributed by atoms with E-state index in [0.717, 1.165) is 173 Å². The lowest BCUT2D eigenvalue weighted by atomic mass is 9.88. The minimum atomic E-state index is -4.89. The lowest BCUT2D eigenvalue weighted by Crippen LogP contribution is -2.39. The maximum atomic E-state index is 13.0. The predicted molar refractivity (Wildman–Crippen MR) is 368 cm³/mol. The Morgan fingerprint density at radius 3 is 1.15 bits per heavy atom. The predicted octanol–water partition coefficient (Wildman–Crippen LogP) is 16.3. The highest BCUT2D eigenvalue weighted by Crippen LogP contribution is 2.32. The Labute approximate surface area is 550 Å². The molecular weight excluding hydrogens is 1190 g/mol. The van der Waals surface area contributed by atoms with Crippen molar-refractivity contribution in [3.63, 3.8) is 0 Å². The van der Waals surface area contributed by atoms with Crippen LogP contribution in [-0.2, 0) is 19.6 Å². The summed E-state index contributed by atoms with van der Waals surface area (Å²) >= 11 is 0. The molecule has 1 unspecified atom stereocenters. The lowest BCUT2D eigenvalue weighted by Gasteiger charge is -2.33. The van der Waals surface area contributed by atoms with Crippen LogP contribution >= 0.6 is 0 Å². The normalized spacial score (nSPS) is 16.0. The summed E-state index contributed by atoms with van der Waals surface area (Å²) in [5.74, 6) is 0.483. The van der Waals surface area contributed by atoms with Crippen molar-refractivity contribution in [2.24, 2.45) is 29.6 Å². The third kappa shape index (κ3) is 17.5. The molecule has 6 aromatic carbocycles. The number of halogens is 3. The van der Waals surface area contributed by atoms with Crippen molar-refractivity contribution in [2.45, 2.75) is 111 Å². The molecule has 3 aromatic heterocycles. The van der Waals surface area contributed by atoms with Gasteiger partial charge in [0.15, 0.2) is 28.9 Å². The second-order valence-corrected chi connectivity index (χ2v) is 26.4. The van der Waals surface area contributed by atoms with E-state index >= 15 is 0 Å². The van der Waals surface area contributed by atoms with Gasteiger partial charge in [0.05, 0.1) is 5.56 Å². The number of nitrogens with zero attached hydrogens (tertiary/aromatic N) is 6. The second kappa shape index (κ2) is 32.2. The van der Waals surface area contributed by atoms with E-state index in [4.69, 9.17) is 0 Å². The van der Waals surface area contributed by atoms with E-state index in [1.807, 2.05) is 128 Å². The number of alkyl halides is 3. The molecule has 492 valence electrons. The van der Waals surface area contributed by atoms with Gasteiger partial charge in [-0.1, -0.05) is 166 Å². The van der Waals surface area contributed by atoms with Gasteiger partial charge in [-0.05, 0) is 141 Å². The van der Waals surface area contributed by atoms with E-state index in [-0.39, 0.29) is 40.7 Å². The quantitative estimate of drug-likeness (QED) is 0.0575. The number of carbonyl (C=O) groups excluding carboxylic acids is 6. The summed E-state index contributed by atoms with van der Waals surface area (Å²) in [5.41, 5.74) is 6.70. The van der Waals surface area contributed by atoms with Crippen molar-refractivity contribution in [3.8, 4) is 0 Å². The maximum absolute atomic E-state index is 13.0. The van der Waals surface area contributed by atoms with E-state index in [1.54, 1.807) is 35.8 Å². The molecule has 1 atom stereocenters. The lowest BCUT2D eigenvalue weighted by molar-refractivity contribution is -0.0884. The van der Waals surface area contributed by atoms with Gasteiger partial charge >= 0.3 is 6.18 Å². The Morgan fingerprint density at radius 2 is 0.755 bits per heavy atom. The first-order valence-electron chi connectivity index (χ1n) is 33.7. The second-order valence-electron chi connectivity index (χ2n) is 26.4. The third-order valence-corrected chi connectivity index (χ3v) is 19.0. The molecule has 94 heavy (non-hydrogen) atoms. The summed E-state index contributed by atoms with van der Waals surface area (Å²) in [6, 6.07) is 51.8. The van der Waals surface area contributed by atoms with Gasteiger partial charge in [-0.2, -0.15) is 13.2 Å². The van der Waals surface area contributed by atoms with Gasteiger partial charge in [-0.3, -0.25) is 28.8 Å². The van der Waals surface area contributed by atoms with Gasteiger partial charge in [0.25, 0.3) is 5.78 Å². The number of fused-ring (bicyclic) bond motifs is 3. The van der Waals surface area contributed by atoms with Crippen LogP contribution in [0.2, 0.25) is 0 Å². The Hall–Kier alpha value is -8.37. The monoisotopic (exact) mass is 1270 g/mol. The van der Waals surface area contributed by atoms with Gasteiger partial charge < -0.3 is 28.4 Å². The molecule has 15 heteroatoms. The van der Waals surface area contributed by atoms with Crippen LogP contribution in [-0.4, -0.2) is 128 Å². The fourth-order valence-electron chi connectivity index (χ4n) is 14.1. The molecule has 0 bridgehead atoms. The SMILES string of the molecule is CC(=O)c1cn(CC(C)CN2CCC(C(=O)c3ccccc3)CC2)c2ccccc12.CC(C)CC(=O)c1cn(CCCN2CCC(C(=O)c3ccccc3)CC2)c2ccccc12.O=C(c1ccccc1)C1CCN(CCCn2cc(C(=O)C(F)(F)F)c3ccccc32)CC1. The van der Waals surface area contributed by atoms with Crippen LogP contribution in [0.25, 0.3) is 32.7 Å². The van der Waals surface area contributed by atoms with Gasteiger partial charge in [0.2, 0.25) is 0 Å². The fourth-order valence-corrected chi connectivity index (χ4v) is 14.1. The van der Waals surface area contributed by atoms with Gasteiger partial charge in [0.1, 0.15) is 0 Å². The molecule has 3 aliphatic heterocycles. The summed E-state index contributed by atoms with van der Waals surface area (Å²) in [6.45, 7) is 18.8. The summed E-state index contributed by atoms with van der Waals surface area (Å²) in [5, 5.41) is 2.44. The number of benzene rings is 6. The van der Waals surface area contributed by atoms with Crippen LogP contribution in [0, 0.1) is 29.6 Å². The Kier molecular flexibility index (Phi) is 23.4. The minimum absolute atomic E-state index is 0.0398. The van der Waals surface area contributed by atoms with E-state index < -0.39 is 12.0 Å². The zero-order valence-electron chi connectivity index (χ0n) is 54.8. The average Bonchev–Trinajstić information content (AvgIpc) is 1.69. The summed E-state index contributed by atoms with van der Waals surface area (Å²) in [6.07, 6.45) is 8.23. The number of Topliss-reactive ketones (excluding diaryl/α,β-unsaturated/α-hetero) is 6. The van der Waals surface area contributed by atoms with Crippen LogP contribution in [0.15, 0.2) is 182 Å². The number of aromatic nitrogens is 3. The molecule has 0 aliphatic carbocycles. The highest BCUT2D eigenvalue weighted by molar-refractivity contribution is 6.11. The number of ketones is 6.